The van der Waals surface area contributed by atoms with E-state index in [1.165, 1.54) is 24.3 Å². The molecule has 1 aromatic rings. The molecule has 4 atom stereocenters. The fourth-order valence-electron chi connectivity index (χ4n) is 3.24. The van der Waals surface area contributed by atoms with Gasteiger partial charge in [-0.15, -0.1) is 0 Å². The number of benzene rings is 1. The SMILES string of the molecule is CC(C)C(NC(=O)C(N)CCC(N)=O)C(=O)NC(Cc1ccc(O)cc1)C(=O)NC(CC(N)=O)C(=O)O. The van der Waals surface area contributed by atoms with Gasteiger partial charge < -0.3 is 43.4 Å². The Morgan fingerprint density at radius 2 is 1.41 bits per heavy atom. The quantitative estimate of drug-likeness (QED) is 0.122. The first-order valence-electron chi connectivity index (χ1n) is 11.4. The summed E-state index contributed by atoms with van der Waals surface area (Å²) in [5.74, 6) is -5.96. The second-order valence-electron chi connectivity index (χ2n) is 8.84. The lowest BCUT2D eigenvalue weighted by molar-refractivity contribution is -0.143. The maximum absolute atomic E-state index is 13.1. The summed E-state index contributed by atoms with van der Waals surface area (Å²) in [5.41, 5.74) is 16.4. The average Bonchev–Trinajstić information content (AvgIpc) is 2.80. The van der Waals surface area contributed by atoms with E-state index < -0.39 is 72.0 Å². The molecule has 14 nitrogen and oxygen atoms in total. The van der Waals surface area contributed by atoms with E-state index in [0.29, 0.717) is 5.56 Å². The van der Waals surface area contributed by atoms with Crippen molar-refractivity contribution in [2.24, 2.45) is 23.1 Å². The second-order valence-corrected chi connectivity index (χ2v) is 8.84. The van der Waals surface area contributed by atoms with Crippen molar-refractivity contribution in [1.82, 2.24) is 16.0 Å². The van der Waals surface area contributed by atoms with Crippen LogP contribution in [0.5, 0.6) is 5.75 Å². The molecule has 0 bridgehead atoms. The number of carbonyl (C=O) groups is 6. The van der Waals surface area contributed by atoms with Crippen molar-refractivity contribution in [3.63, 3.8) is 0 Å². The van der Waals surface area contributed by atoms with Crippen LogP contribution in [-0.2, 0) is 35.2 Å². The van der Waals surface area contributed by atoms with Crippen LogP contribution in [0.3, 0.4) is 0 Å². The summed E-state index contributed by atoms with van der Waals surface area (Å²) in [6.07, 6.45) is -0.944. The van der Waals surface area contributed by atoms with Crippen LogP contribution >= 0.6 is 0 Å². The molecule has 1 rings (SSSR count). The summed E-state index contributed by atoms with van der Waals surface area (Å²) in [7, 11) is 0. The van der Waals surface area contributed by atoms with Gasteiger partial charge in [-0.05, 0) is 30.0 Å². The van der Waals surface area contributed by atoms with Gasteiger partial charge in [0.2, 0.25) is 29.5 Å². The number of carboxylic acids is 1. The zero-order chi connectivity index (χ0) is 28.3. The van der Waals surface area contributed by atoms with Crippen molar-refractivity contribution in [1.29, 1.82) is 0 Å². The van der Waals surface area contributed by atoms with Gasteiger partial charge in [0.25, 0.3) is 0 Å². The molecule has 0 saturated heterocycles. The normalized spacial score (nSPS) is 14.1. The van der Waals surface area contributed by atoms with Crippen molar-refractivity contribution in [2.45, 2.75) is 63.7 Å². The maximum Gasteiger partial charge on any atom is 0.326 e. The Bertz CT molecular complexity index is 997. The van der Waals surface area contributed by atoms with E-state index in [0.717, 1.165) is 0 Å². The van der Waals surface area contributed by atoms with E-state index in [1.54, 1.807) is 13.8 Å². The number of hydrogen-bond acceptors (Lipinski definition) is 8. The van der Waals surface area contributed by atoms with E-state index in [2.05, 4.69) is 16.0 Å². The van der Waals surface area contributed by atoms with Gasteiger partial charge >= 0.3 is 5.97 Å². The first-order valence-corrected chi connectivity index (χ1v) is 11.4. The third-order valence-corrected chi connectivity index (χ3v) is 5.31. The van der Waals surface area contributed by atoms with Gasteiger partial charge in [-0.2, -0.15) is 0 Å². The van der Waals surface area contributed by atoms with Gasteiger partial charge in [-0.25, -0.2) is 4.79 Å². The van der Waals surface area contributed by atoms with Crippen LogP contribution in [0.15, 0.2) is 24.3 Å². The third kappa shape index (κ3) is 10.9. The minimum absolute atomic E-state index is 0.0311. The van der Waals surface area contributed by atoms with Gasteiger partial charge in [0.05, 0.1) is 12.5 Å². The number of amides is 5. The summed E-state index contributed by atoms with van der Waals surface area (Å²) in [6.45, 7) is 3.28. The zero-order valence-corrected chi connectivity index (χ0v) is 20.6. The Balaban J connectivity index is 3.11. The summed E-state index contributed by atoms with van der Waals surface area (Å²) in [4.78, 5) is 72.2. The molecule has 4 unspecified atom stereocenters. The van der Waals surface area contributed by atoms with E-state index in [1.807, 2.05) is 0 Å². The number of phenols is 1. The number of hydrogen-bond donors (Lipinski definition) is 8. The molecule has 1 aromatic carbocycles. The highest BCUT2D eigenvalue weighted by Gasteiger charge is 2.32. The van der Waals surface area contributed by atoms with Crippen LogP contribution in [-0.4, -0.2) is 69.9 Å². The molecule has 5 amide bonds. The number of aromatic hydroxyl groups is 1. The highest BCUT2D eigenvalue weighted by Crippen LogP contribution is 2.13. The molecule has 0 spiro atoms. The minimum Gasteiger partial charge on any atom is -0.508 e. The lowest BCUT2D eigenvalue weighted by atomic mass is 10.00. The predicted octanol–water partition coefficient (Wildman–Crippen LogP) is -2.40. The van der Waals surface area contributed by atoms with Crippen LogP contribution in [0.4, 0.5) is 0 Å². The number of nitrogens with one attached hydrogen (secondary N) is 3. The van der Waals surface area contributed by atoms with Gasteiger partial charge in [0, 0.05) is 12.8 Å². The predicted molar refractivity (Wildman–Crippen MR) is 130 cm³/mol. The van der Waals surface area contributed by atoms with E-state index in [9.17, 15) is 39.0 Å². The highest BCUT2D eigenvalue weighted by atomic mass is 16.4. The molecule has 0 aliphatic heterocycles. The molecule has 0 radical (unpaired) electrons. The molecular weight excluding hydrogens is 488 g/mol. The molecule has 37 heavy (non-hydrogen) atoms. The lowest BCUT2D eigenvalue weighted by Crippen LogP contribution is -2.59. The largest absolute Gasteiger partial charge is 0.508 e. The van der Waals surface area contributed by atoms with Crippen LogP contribution in [0.1, 0.15) is 38.7 Å². The van der Waals surface area contributed by atoms with Crippen molar-refractivity contribution >= 4 is 35.5 Å². The van der Waals surface area contributed by atoms with Crippen LogP contribution in [0.2, 0.25) is 0 Å². The Kier molecular flexibility index (Phi) is 12.0. The smallest absolute Gasteiger partial charge is 0.326 e. The molecule has 0 saturated carbocycles. The number of phenolic OH excluding ortho intramolecular Hbond substituents is 1. The number of carbonyl (C=O) groups excluding carboxylic acids is 5. The second kappa shape index (κ2) is 14.4. The minimum atomic E-state index is -1.63. The number of carboxylic acid groups (broad SMARTS) is 1. The molecule has 204 valence electrons. The fourth-order valence-corrected chi connectivity index (χ4v) is 3.24. The summed E-state index contributed by atoms with van der Waals surface area (Å²) in [5, 5.41) is 26.0. The third-order valence-electron chi connectivity index (χ3n) is 5.31. The van der Waals surface area contributed by atoms with E-state index in [-0.39, 0.29) is 25.0 Å². The van der Waals surface area contributed by atoms with E-state index >= 15 is 0 Å². The molecule has 0 aliphatic rings. The Hall–Kier alpha value is -4.20. The Morgan fingerprint density at radius 1 is 0.838 bits per heavy atom. The molecule has 14 heteroatoms. The maximum atomic E-state index is 13.1. The molecule has 0 fully saturated rings. The van der Waals surface area contributed by atoms with Crippen LogP contribution in [0, 0.1) is 5.92 Å². The molecule has 0 aliphatic carbocycles. The number of aliphatic carboxylic acids is 1. The van der Waals surface area contributed by atoms with Crippen molar-refractivity contribution < 1.29 is 39.0 Å². The Labute approximate surface area is 213 Å². The molecule has 0 aromatic heterocycles. The zero-order valence-electron chi connectivity index (χ0n) is 20.6. The Morgan fingerprint density at radius 3 is 1.89 bits per heavy atom. The highest BCUT2D eigenvalue weighted by molar-refractivity contribution is 5.95. The van der Waals surface area contributed by atoms with Crippen molar-refractivity contribution in [3.8, 4) is 5.75 Å². The number of rotatable bonds is 15. The number of primary amides is 2. The summed E-state index contributed by atoms with van der Waals surface area (Å²) in [6, 6.07) is 0.527. The molecular formula is C23H34N6O8. The average molecular weight is 523 g/mol. The lowest BCUT2D eigenvalue weighted by Gasteiger charge is -2.27. The topological polar surface area (TPSA) is 257 Å². The first-order chi connectivity index (χ1) is 17.2. The van der Waals surface area contributed by atoms with E-state index in [4.69, 9.17) is 17.2 Å². The van der Waals surface area contributed by atoms with Gasteiger partial charge in [-0.3, -0.25) is 24.0 Å². The van der Waals surface area contributed by atoms with Crippen LogP contribution < -0.4 is 33.2 Å². The van der Waals surface area contributed by atoms with Gasteiger partial charge in [0.15, 0.2) is 0 Å². The van der Waals surface area contributed by atoms with Gasteiger partial charge in [0.1, 0.15) is 23.9 Å². The first kappa shape index (κ1) is 30.8. The standard InChI is InChI=1S/C23H34N6O8/c1-11(2)19(29-20(33)14(24)7-8-17(25)31)22(35)27-15(9-12-3-5-13(30)6-4-12)21(34)28-16(23(36)37)10-18(26)32/h3-6,11,14-16,19,30H,7-10,24H2,1-2H3,(H2,25,31)(H2,26,32)(H,27,35)(H,28,34)(H,29,33)(H,36,37). The monoisotopic (exact) mass is 522 g/mol. The summed E-state index contributed by atoms with van der Waals surface area (Å²) < 4.78 is 0. The van der Waals surface area contributed by atoms with Gasteiger partial charge in [-0.1, -0.05) is 26.0 Å². The number of nitrogens with two attached hydrogens (primary N) is 3. The molecule has 11 N–H and O–H groups in total. The van der Waals surface area contributed by atoms with Crippen molar-refractivity contribution in [2.75, 3.05) is 0 Å². The van der Waals surface area contributed by atoms with Crippen molar-refractivity contribution in [3.05, 3.63) is 29.8 Å². The fraction of sp³-hybridized carbons (Fsp3) is 0.478. The van der Waals surface area contributed by atoms with Crippen LogP contribution in [0.25, 0.3) is 0 Å². The molecule has 0 heterocycles. The summed E-state index contributed by atoms with van der Waals surface area (Å²) >= 11 is 0.